The standard InChI is InChI=1S/C13H17FO2/c1-9(2)12(13(15)16-3)8-10-4-6-11(14)7-5-10/h4-7,9,12H,8H2,1-3H3/t12-/m0/s1. The van der Waals surface area contributed by atoms with Crippen molar-refractivity contribution in [3.05, 3.63) is 35.6 Å². The highest BCUT2D eigenvalue weighted by atomic mass is 19.1. The summed E-state index contributed by atoms with van der Waals surface area (Å²) < 4.78 is 17.5. The Bertz CT molecular complexity index is 343. The molecule has 0 aromatic heterocycles. The molecule has 1 aromatic rings. The predicted octanol–water partition coefficient (Wildman–Crippen LogP) is 2.81. The first kappa shape index (κ1) is 12.7. The fourth-order valence-electron chi connectivity index (χ4n) is 1.62. The van der Waals surface area contributed by atoms with Gasteiger partial charge >= 0.3 is 5.97 Å². The Morgan fingerprint density at radius 2 is 1.88 bits per heavy atom. The number of hydrogen-bond acceptors (Lipinski definition) is 2. The lowest BCUT2D eigenvalue weighted by Crippen LogP contribution is -2.23. The van der Waals surface area contributed by atoms with Crippen LogP contribution in [0.25, 0.3) is 0 Å². The van der Waals surface area contributed by atoms with Gasteiger partial charge < -0.3 is 4.74 Å². The molecule has 0 radical (unpaired) electrons. The van der Waals surface area contributed by atoms with E-state index in [1.807, 2.05) is 13.8 Å². The van der Waals surface area contributed by atoms with Crippen molar-refractivity contribution in [1.29, 1.82) is 0 Å². The van der Waals surface area contributed by atoms with Gasteiger partial charge in [-0.1, -0.05) is 26.0 Å². The van der Waals surface area contributed by atoms with Gasteiger partial charge in [-0.15, -0.1) is 0 Å². The lowest BCUT2D eigenvalue weighted by atomic mass is 9.89. The van der Waals surface area contributed by atoms with Crippen LogP contribution in [0.15, 0.2) is 24.3 Å². The topological polar surface area (TPSA) is 26.3 Å². The summed E-state index contributed by atoms with van der Waals surface area (Å²) >= 11 is 0. The summed E-state index contributed by atoms with van der Waals surface area (Å²) in [5.41, 5.74) is 0.950. The van der Waals surface area contributed by atoms with Crippen LogP contribution in [0.2, 0.25) is 0 Å². The van der Waals surface area contributed by atoms with Gasteiger partial charge in [-0.05, 0) is 30.0 Å². The van der Waals surface area contributed by atoms with Gasteiger partial charge in [-0.2, -0.15) is 0 Å². The molecule has 0 spiro atoms. The highest BCUT2D eigenvalue weighted by molar-refractivity contribution is 5.72. The molecule has 0 unspecified atom stereocenters. The first-order valence-corrected chi connectivity index (χ1v) is 5.37. The predicted molar refractivity (Wildman–Crippen MR) is 60.4 cm³/mol. The van der Waals surface area contributed by atoms with Crippen LogP contribution >= 0.6 is 0 Å². The van der Waals surface area contributed by atoms with E-state index in [0.29, 0.717) is 6.42 Å². The van der Waals surface area contributed by atoms with Gasteiger partial charge in [0.05, 0.1) is 13.0 Å². The Morgan fingerprint density at radius 3 is 2.31 bits per heavy atom. The van der Waals surface area contributed by atoms with Gasteiger partial charge in [0.15, 0.2) is 0 Å². The van der Waals surface area contributed by atoms with E-state index in [1.54, 1.807) is 12.1 Å². The van der Waals surface area contributed by atoms with Crippen LogP contribution in [0, 0.1) is 17.7 Å². The number of ether oxygens (including phenoxy) is 1. The third kappa shape index (κ3) is 3.33. The van der Waals surface area contributed by atoms with Crippen molar-refractivity contribution in [3.8, 4) is 0 Å². The zero-order chi connectivity index (χ0) is 12.1. The van der Waals surface area contributed by atoms with Crippen molar-refractivity contribution in [2.24, 2.45) is 11.8 Å². The van der Waals surface area contributed by atoms with Crippen LogP contribution < -0.4 is 0 Å². The Labute approximate surface area is 95.4 Å². The molecule has 1 aromatic carbocycles. The molecule has 2 nitrogen and oxygen atoms in total. The first-order chi connectivity index (χ1) is 7.54. The summed E-state index contributed by atoms with van der Waals surface area (Å²) in [4.78, 5) is 11.5. The van der Waals surface area contributed by atoms with E-state index in [4.69, 9.17) is 4.74 Å². The SMILES string of the molecule is COC(=O)[C@@H](Cc1ccc(F)cc1)C(C)C. The molecule has 0 saturated heterocycles. The zero-order valence-corrected chi connectivity index (χ0v) is 9.87. The maximum atomic E-state index is 12.7. The summed E-state index contributed by atoms with van der Waals surface area (Å²) in [5.74, 6) is -0.435. The Morgan fingerprint density at radius 1 is 1.31 bits per heavy atom. The van der Waals surface area contributed by atoms with Gasteiger partial charge in [0, 0.05) is 0 Å². The Balaban J connectivity index is 2.75. The summed E-state index contributed by atoms with van der Waals surface area (Å²) in [6.07, 6.45) is 0.588. The smallest absolute Gasteiger partial charge is 0.309 e. The molecule has 0 aliphatic heterocycles. The number of esters is 1. The summed E-state index contributed by atoms with van der Waals surface area (Å²) in [6.45, 7) is 3.95. The van der Waals surface area contributed by atoms with E-state index in [9.17, 15) is 9.18 Å². The number of carbonyl (C=O) groups is 1. The number of rotatable bonds is 4. The average Bonchev–Trinajstić information content (AvgIpc) is 2.27. The molecular weight excluding hydrogens is 207 g/mol. The van der Waals surface area contributed by atoms with E-state index >= 15 is 0 Å². The van der Waals surface area contributed by atoms with Crippen LogP contribution in [0.4, 0.5) is 4.39 Å². The van der Waals surface area contributed by atoms with Crippen LogP contribution in [0.5, 0.6) is 0 Å². The van der Waals surface area contributed by atoms with Crippen molar-refractivity contribution in [1.82, 2.24) is 0 Å². The number of hydrogen-bond donors (Lipinski definition) is 0. The Hall–Kier alpha value is -1.38. The third-order valence-corrected chi connectivity index (χ3v) is 2.68. The molecule has 0 fully saturated rings. The third-order valence-electron chi connectivity index (χ3n) is 2.68. The van der Waals surface area contributed by atoms with E-state index in [1.165, 1.54) is 19.2 Å². The molecule has 0 aliphatic rings. The quantitative estimate of drug-likeness (QED) is 0.735. The summed E-state index contributed by atoms with van der Waals surface area (Å²) in [5, 5.41) is 0. The van der Waals surface area contributed by atoms with Crippen molar-refractivity contribution < 1.29 is 13.9 Å². The number of benzene rings is 1. The maximum absolute atomic E-state index is 12.7. The molecule has 0 saturated carbocycles. The molecule has 0 aliphatic carbocycles. The fraction of sp³-hybridized carbons (Fsp3) is 0.462. The Kier molecular flexibility index (Phi) is 4.47. The minimum Gasteiger partial charge on any atom is -0.469 e. The second-order valence-corrected chi connectivity index (χ2v) is 4.20. The van der Waals surface area contributed by atoms with Crippen LogP contribution in [-0.4, -0.2) is 13.1 Å². The minimum absolute atomic E-state index is 0.171. The monoisotopic (exact) mass is 224 g/mol. The highest BCUT2D eigenvalue weighted by Crippen LogP contribution is 2.19. The van der Waals surface area contributed by atoms with Gasteiger partial charge in [-0.25, -0.2) is 4.39 Å². The fourth-order valence-corrected chi connectivity index (χ4v) is 1.62. The molecular formula is C13H17FO2. The van der Waals surface area contributed by atoms with Crippen molar-refractivity contribution >= 4 is 5.97 Å². The van der Waals surface area contributed by atoms with Crippen LogP contribution in [-0.2, 0) is 16.0 Å². The van der Waals surface area contributed by atoms with E-state index in [0.717, 1.165) is 5.56 Å². The summed E-state index contributed by atoms with van der Waals surface area (Å²) in [6, 6.07) is 6.22. The molecule has 0 heterocycles. The van der Waals surface area contributed by atoms with Gasteiger partial charge in [0.1, 0.15) is 5.82 Å². The lowest BCUT2D eigenvalue weighted by Gasteiger charge is -2.18. The van der Waals surface area contributed by atoms with Crippen molar-refractivity contribution in [2.45, 2.75) is 20.3 Å². The van der Waals surface area contributed by atoms with E-state index < -0.39 is 0 Å². The molecule has 3 heteroatoms. The average molecular weight is 224 g/mol. The first-order valence-electron chi connectivity index (χ1n) is 5.37. The normalized spacial score (nSPS) is 12.6. The summed E-state index contributed by atoms with van der Waals surface area (Å²) in [7, 11) is 1.39. The molecule has 88 valence electrons. The van der Waals surface area contributed by atoms with Gasteiger partial charge in [0.2, 0.25) is 0 Å². The molecule has 0 N–H and O–H groups in total. The number of halogens is 1. The van der Waals surface area contributed by atoms with Crippen LogP contribution in [0.3, 0.4) is 0 Å². The van der Waals surface area contributed by atoms with Crippen molar-refractivity contribution in [3.63, 3.8) is 0 Å². The number of carbonyl (C=O) groups excluding carboxylic acids is 1. The van der Waals surface area contributed by atoms with Crippen LogP contribution in [0.1, 0.15) is 19.4 Å². The van der Waals surface area contributed by atoms with E-state index in [-0.39, 0.29) is 23.6 Å². The zero-order valence-electron chi connectivity index (χ0n) is 9.87. The van der Waals surface area contributed by atoms with E-state index in [2.05, 4.69) is 0 Å². The molecule has 1 rings (SSSR count). The van der Waals surface area contributed by atoms with Gasteiger partial charge in [-0.3, -0.25) is 4.79 Å². The lowest BCUT2D eigenvalue weighted by molar-refractivity contribution is -0.146. The maximum Gasteiger partial charge on any atom is 0.309 e. The molecule has 16 heavy (non-hydrogen) atoms. The molecule has 0 bridgehead atoms. The highest BCUT2D eigenvalue weighted by Gasteiger charge is 2.23. The second kappa shape index (κ2) is 5.64. The molecule has 0 amide bonds. The minimum atomic E-state index is -0.261. The number of methoxy groups -OCH3 is 1. The molecule has 1 atom stereocenters. The second-order valence-electron chi connectivity index (χ2n) is 4.20. The van der Waals surface area contributed by atoms with Crippen molar-refractivity contribution in [2.75, 3.05) is 7.11 Å². The van der Waals surface area contributed by atoms with Gasteiger partial charge in [0.25, 0.3) is 0 Å². The largest absolute Gasteiger partial charge is 0.469 e.